The zero-order chi connectivity index (χ0) is 23.5. The van der Waals surface area contributed by atoms with Crippen LogP contribution in [-0.4, -0.2) is 30.9 Å². The van der Waals surface area contributed by atoms with E-state index in [0.29, 0.717) is 24.0 Å². The van der Waals surface area contributed by atoms with E-state index in [1.165, 1.54) is 4.90 Å². The summed E-state index contributed by atoms with van der Waals surface area (Å²) in [5.74, 6) is -0.533. The van der Waals surface area contributed by atoms with Crippen molar-refractivity contribution >= 4 is 11.9 Å². The van der Waals surface area contributed by atoms with Gasteiger partial charge in [-0.3, -0.25) is 9.69 Å². The first-order valence-corrected chi connectivity index (χ1v) is 10.7. The summed E-state index contributed by atoms with van der Waals surface area (Å²) in [4.78, 5) is 19.8. The van der Waals surface area contributed by atoms with Crippen molar-refractivity contribution in [3.63, 3.8) is 0 Å². The molecule has 0 bridgehead atoms. The monoisotopic (exact) mass is 447 g/mol. The van der Waals surface area contributed by atoms with Crippen LogP contribution in [0.1, 0.15) is 27.8 Å². The molecule has 5 rings (SSSR count). The lowest BCUT2D eigenvalue weighted by molar-refractivity contribution is -0.129. The van der Waals surface area contributed by atoms with Gasteiger partial charge in [-0.25, -0.2) is 13.8 Å². The molecular weight excluding hydrogens is 424 g/mol. The van der Waals surface area contributed by atoms with Crippen LogP contribution < -0.4 is 10.5 Å². The second kappa shape index (κ2) is 7.40. The van der Waals surface area contributed by atoms with Gasteiger partial charge in [0.2, 0.25) is 0 Å². The van der Waals surface area contributed by atoms with Crippen molar-refractivity contribution in [1.82, 2.24) is 4.90 Å². The van der Waals surface area contributed by atoms with Gasteiger partial charge >= 0.3 is 0 Å². The number of fused-ring (bicyclic) bond motifs is 4. The predicted molar refractivity (Wildman–Crippen MR) is 122 cm³/mol. The number of hydrogen-bond donors (Lipinski definition) is 1. The fraction of sp³-hybridized carbons (Fsp3) is 0.231. The highest BCUT2D eigenvalue weighted by molar-refractivity contribution is 6.09. The minimum Gasteiger partial charge on any atom is -0.496 e. The van der Waals surface area contributed by atoms with Gasteiger partial charge in [0.1, 0.15) is 17.4 Å². The molecule has 2 aliphatic rings. The summed E-state index contributed by atoms with van der Waals surface area (Å²) in [6, 6.07) is 12.4. The first-order chi connectivity index (χ1) is 15.8. The van der Waals surface area contributed by atoms with Crippen LogP contribution in [0, 0.1) is 18.6 Å². The summed E-state index contributed by atoms with van der Waals surface area (Å²) >= 11 is 0. The number of nitrogens with zero attached hydrogens (tertiary/aromatic N) is 2. The smallest absolute Gasteiger partial charge is 0.266 e. The molecule has 1 aliphatic carbocycles. The summed E-state index contributed by atoms with van der Waals surface area (Å²) in [6.45, 7) is 1.96. The van der Waals surface area contributed by atoms with Gasteiger partial charge in [0, 0.05) is 12.6 Å². The molecule has 33 heavy (non-hydrogen) atoms. The number of hydrogen-bond acceptors (Lipinski definition) is 4. The molecule has 0 fully saturated rings. The molecule has 1 spiro atoms. The number of methoxy groups -OCH3 is 1. The number of carbonyl (C=O) groups is 1. The second-order valence-electron chi connectivity index (χ2n) is 8.46. The van der Waals surface area contributed by atoms with E-state index in [1.54, 1.807) is 26.3 Å². The average molecular weight is 447 g/mol. The van der Waals surface area contributed by atoms with E-state index >= 15 is 0 Å². The topological polar surface area (TPSA) is 67.9 Å². The predicted octanol–water partition coefficient (Wildman–Crippen LogP) is 4.08. The van der Waals surface area contributed by atoms with Crippen molar-refractivity contribution in [2.24, 2.45) is 10.7 Å². The largest absolute Gasteiger partial charge is 0.496 e. The Hall–Kier alpha value is -3.74. The SMILES string of the molecule is COc1ccc2c(c1C)CCc1ccc(-c3cc(F)ccc3F)cc1C21N=C(N)N(C)C1=O. The van der Waals surface area contributed by atoms with Gasteiger partial charge in [-0.2, -0.15) is 0 Å². The van der Waals surface area contributed by atoms with Gasteiger partial charge < -0.3 is 10.5 Å². The molecule has 1 heterocycles. The Morgan fingerprint density at radius 2 is 1.85 bits per heavy atom. The van der Waals surface area contributed by atoms with E-state index in [9.17, 15) is 13.6 Å². The molecule has 3 aromatic carbocycles. The Bertz CT molecular complexity index is 1350. The number of carbonyl (C=O) groups excluding carboxylic acids is 1. The molecule has 1 atom stereocenters. The molecule has 0 saturated carbocycles. The summed E-state index contributed by atoms with van der Waals surface area (Å²) < 4.78 is 34.1. The van der Waals surface area contributed by atoms with Gasteiger partial charge in [0.05, 0.1) is 7.11 Å². The molecule has 0 saturated heterocycles. The number of ether oxygens (including phenoxy) is 1. The Kier molecular flexibility index (Phi) is 4.74. The summed E-state index contributed by atoms with van der Waals surface area (Å²) in [5.41, 5.74) is 9.52. The Morgan fingerprint density at radius 1 is 1.06 bits per heavy atom. The second-order valence-corrected chi connectivity index (χ2v) is 8.46. The molecule has 1 unspecified atom stereocenters. The molecule has 1 aliphatic heterocycles. The van der Waals surface area contributed by atoms with Crippen LogP contribution in [0.5, 0.6) is 5.75 Å². The number of halogens is 2. The summed E-state index contributed by atoms with van der Waals surface area (Å²) in [7, 11) is 3.20. The standard InChI is InChI=1S/C26H23F2N3O2/c1-14-18-8-6-15-4-5-16(19-13-17(27)7-10-22(19)28)12-21(15)26(20(18)9-11-23(14)33-3)24(32)31(2)25(29)30-26/h4-5,7,9-13H,6,8H2,1-3H3,(H2,29,30). The third kappa shape index (κ3) is 2.95. The zero-order valence-electron chi connectivity index (χ0n) is 18.6. The van der Waals surface area contributed by atoms with E-state index in [0.717, 1.165) is 46.2 Å². The quantitative estimate of drug-likeness (QED) is 0.644. The molecular formula is C26H23F2N3O2. The highest BCUT2D eigenvalue weighted by Gasteiger charge is 2.52. The summed E-state index contributed by atoms with van der Waals surface area (Å²) in [6.07, 6.45) is 1.32. The van der Waals surface area contributed by atoms with Crippen LogP contribution in [0.3, 0.4) is 0 Å². The Labute approximate surface area is 190 Å². The van der Waals surface area contributed by atoms with Crippen molar-refractivity contribution in [1.29, 1.82) is 0 Å². The van der Waals surface area contributed by atoms with Crippen molar-refractivity contribution in [3.8, 4) is 16.9 Å². The van der Waals surface area contributed by atoms with Gasteiger partial charge in [0.25, 0.3) is 5.91 Å². The highest BCUT2D eigenvalue weighted by Crippen LogP contribution is 2.47. The zero-order valence-corrected chi connectivity index (χ0v) is 18.6. The van der Waals surface area contributed by atoms with Gasteiger partial charge in [-0.15, -0.1) is 0 Å². The van der Waals surface area contributed by atoms with Crippen molar-refractivity contribution in [2.75, 3.05) is 14.2 Å². The van der Waals surface area contributed by atoms with Crippen LogP contribution in [-0.2, 0) is 23.2 Å². The van der Waals surface area contributed by atoms with E-state index in [-0.39, 0.29) is 17.4 Å². The van der Waals surface area contributed by atoms with E-state index in [2.05, 4.69) is 0 Å². The van der Waals surface area contributed by atoms with Crippen LogP contribution in [0.25, 0.3) is 11.1 Å². The highest BCUT2D eigenvalue weighted by atomic mass is 19.1. The lowest BCUT2D eigenvalue weighted by atomic mass is 9.78. The average Bonchev–Trinajstić information content (AvgIpc) is 2.95. The molecule has 0 aromatic heterocycles. The number of likely N-dealkylation sites (N-methyl/N-ethyl adjacent to an activating group) is 1. The first-order valence-electron chi connectivity index (χ1n) is 10.7. The van der Waals surface area contributed by atoms with Gasteiger partial charge in [0.15, 0.2) is 11.5 Å². The van der Waals surface area contributed by atoms with Gasteiger partial charge in [-0.05, 0) is 83.5 Å². The van der Waals surface area contributed by atoms with Crippen molar-refractivity contribution in [3.05, 3.63) is 88.0 Å². The minimum atomic E-state index is -1.41. The number of nitrogens with two attached hydrogens (primary N) is 1. The molecule has 168 valence electrons. The normalized spacial score (nSPS) is 19.2. The van der Waals surface area contributed by atoms with Crippen LogP contribution in [0.15, 0.2) is 53.5 Å². The summed E-state index contributed by atoms with van der Waals surface area (Å²) in [5, 5.41) is 0. The van der Waals surface area contributed by atoms with Crippen molar-refractivity contribution < 1.29 is 18.3 Å². The lowest BCUT2D eigenvalue weighted by Crippen LogP contribution is -2.41. The molecule has 1 amide bonds. The lowest BCUT2D eigenvalue weighted by Gasteiger charge is -2.29. The maximum absolute atomic E-state index is 14.6. The minimum absolute atomic E-state index is 0.106. The van der Waals surface area contributed by atoms with Crippen LogP contribution in [0.2, 0.25) is 0 Å². The molecule has 2 N–H and O–H groups in total. The number of guanidine groups is 1. The molecule has 5 nitrogen and oxygen atoms in total. The Balaban J connectivity index is 1.84. The number of amides is 1. The maximum atomic E-state index is 14.6. The van der Waals surface area contributed by atoms with Crippen LogP contribution >= 0.6 is 0 Å². The third-order valence-electron chi connectivity index (χ3n) is 6.78. The molecule has 0 radical (unpaired) electrons. The number of aliphatic imine (C=N–C) groups is 1. The number of aryl methyl sites for hydroxylation is 1. The fourth-order valence-electron chi connectivity index (χ4n) is 5.03. The molecule has 3 aromatic rings. The van der Waals surface area contributed by atoms with Crippen molar-refractivity contribution in [2.45, 2.75) is 25.3 Å². The number of benzene rings is 3. The van der Waals surface area contributed by atoms with Gasteiger partial charge in [-0.1, -0.05) is 18.2 Å². The number of rotatable bonds is 2. The first kappa shape index (κ1) is 21.1. The van der Waals surface area contributed by atoms with E-state index in [1.807, 2.05) is 25.1 Å². The fourth-order valence-corrected chi connectivity index (χ4v) is 5.03. The molecule has 7 heteroatoms. The third-order valence-corrected chi connectivity index (χ3v) is 6.78. The van der Waals surface area contributed by atoms with E-state index < -0.39 is 17.2 Å². The maximum Gasteiger partial charge on any atom is 0.266 e. The Morgan fingerprint density at radius 3 is 2.55 bits per heavy atom. The van der Waals surface area contributed by atoms with Crippen LogP contribution in [0.4, 0.5) is 8.78 Å². The van der Waals surface area contributed by atoms with E-state index in [4.69, 9.17) is 15.5 Å².